The number of carbonyl (C=O) groups excluding carboxylic acids is 1. The number of halogens is 2. The largest absolute Gasteiger partial charge is 0.351 e. The van der Waals surface area contributed by atoms with Crippen molar-refractivity contribution in [2.45, 2.75) is 6.42 Å². The molecule has 18 heavy (non-hydrogen) atoms. The molecule has 0 aliphatic rings. The smallest absolute Gasteiger partial charge is 0.252 e. The fourth-order valence-electron chi connectivity index (χ4n) is 1.36. The maximum Gasteiger partial charge on any atom is 0.252 e. The van der Waals surface area contributed by atoms with E-state index in [0.29, 0.717) is 28.0 Å². The number of carbonyl (C=O) groups is 1. The molecule has 0 saturated carbocycles. The maximum atomic E-state index is 12.9. The first-order chi connectivity index (χ1) is 8.66. The quantitative estimate of drug-likeness (QED) is 0.844. The average molecular weight is 361 g/mol. The van der Waals surface area contributed by atoms with E-state index in [4.69, 9.17) is 4.52 Å². The summed E-state index contributed by atoms with van der Waals surface area (Å²) in [4.78, 5) is 15.6. The van der Waals surface area contributed by atoms with Crippen LogP contribution >= 0.6 is 22.6 Å². The van der Waals surface area contributed by atoms with E-state index in [2.05, 4.69) is 15.5 Å². The monoisotopic (exact) mass is 361 g/mol. The molecule has 2 rings (SSSR count). The van der Waals surface area contributed by atoms with Crippen LogP contribution in [0.1, 0.15) is 16.2 Å². The Balaban J connectivity index is 1.91. The van der Waals surface area contributed by atoms with Crippen LogP contribution in [-0.2, 0) is 6.42 Å². The number of aromatic nitrogens is 2. The van der Waals surface area contributed by atoms with Gasteiger partial charge in [0.25, 0.3) is 5.91 Å². The normalized spacial score (nSPS) is 10.3. The zero-order valence-corrected chi connectivity index (χ0v) is 11.3. The van der Waals surface area contributed by atoms with Crippen LogP contribution in [0, 0.1) is 9.39 Å². The van der Waals surface area contributed by atoms with Gasteiger partial charge in [-0.05, 0) is 40.8 Å². The molecule has 1 aromatic heterocycles. The molecule has 0 saturated heterocycles. The Bertz CT molecular complexity index is 545. The number of hydrogen-bond acceptors (Lipinski definition) is 4. The van der Waals surface area contributed by atoms with Crippen LogP contribution in [-0.4, -0.2) is 22.6 Å². The van der Waals surface area contributed by atoms with Gasteiger partial charge in [0.2, 0.25) is 5.89 Å². The summed E-state index contributed by atoms with van der Waals surface area (Å²) >= 11 is 1.92. The summed E-state index contributed by atoms with van der Waals surface area (Å²) < 4.78 is 18.3. The van der Waals surface area contributed by atoms with E-state index >= 15 is 0 Å². The van der Waals surface area contributed by atoms with Crippen LogP contribution < -0.4 is 5.32 Å². The van der Waals surface area contributed by atoms with Gasteiger partial charge in [-0.2, -0.15) is 4.98 Å². The molecular weight excluding hydrogens is 352 g/mol. The molecule has 5 nitrogen and oxygen atoms in total. The number of benzene rings is 1. The Kier molecular flexibility index (Phi) is 4.24. The third-order valence-corrected chi connectivity index (χ3v) is 3.10. The van der Waals surface area contributed by atoms with Gasteiger partial charge in [0.05, 0.1) is 5.56 Å². The van der Waals surface area contributed by atoms with E-state index in [1.165, 1.54) is 24.5 Å². The molecule has 2 aromatic rings. The second-order valence-electron chi connectivity index (χ2n) is 3.47. The molecule has 0 spiro atoms. The molecular formula is C11H9FIN3O2. The van der Waals surface area contributed by atoms with Gasteiger partial charge >= 0.3 is 0 Å². The minimum absolute atomic E-state index is 0.251. The van der Waals surface area contributed by atoms with Gasteiger partial charge in [-0.15, -0.1) is 0 Å². The van der Waals surface area contributed by atoms with E-state index in [1.807, 2.05) is 22.6 Å². The van der Waals surface area contributed by atoms with Crippen LogP contribution in [0.2, 0.25) is 0 Å². The minimum atomic E-state index is -0.359. The van der Waals surface area contributed by atoms with Crippen LogP contribution in [0.15, 0.2) is 29.0 Å². The molecule has 0 aliphatic carbocycles. The molecule has 7 heteroatoms. The van der Waals surface area contributed by atoms with Crippen molar-refractivity contribution in [3.8, 4) is 0 Å². The lowest BCUT2D eigenvalue weighted by molar-refractivity contribution is 0.0952. The fraction of sp³-hybridized carbons (Fsp3) is 0.182. The van der Waals surface area contributed by atoms with E-state index in [-0.39, 0.29) is 11.7 Å². The number of nitrogens with zero attached hydrogens (tertiary/aromatic N) is 2. The number of amides is 1. The van der Waals surface area contributed by atoms with E-state index in [9.17, 15) is 9.18 Å². The van der Waals surface area contributed by atoms with Crippen LogP contribution in [0.3, 0.4) is 0 Å². The van der Waals surface area contributed by atoms with Gasteiger partial charge in [0.1, 0.15) is 5.82 Å². The zero-order chi connectivity index (χ0) is 13.0. The summed E-state index contributed by atoms with van der Waals surface area (Å²) in [6, 6.07) is 4.03. The molecule has 0 atom stereocenters. The lowest BCUT2D eigenvalue weighted by Crippen LogP contribution is -2.26. The molecule has 0 bridgehead atoms. The van der Waals surface area contributed by atoms with Gasteiger partial charge in [0.15, 0.2) is 6.33 Å². The third kappa shape index (κ3) is 3.25. The van der Waals surface area contributed by atoms with Crippen molar-refractivity contribution in [2.75, 3.05) is 6.54 Å². The molecule has 1 amide bonds. The molecule has 1 heterocycles. The van der Waals surface area contributed by atoms with E-state index in [0.717, 1.165) is 0 Å². The molecule has 1 N–H and O–H groups in total. The summed E-state index contributed by atoms with van der Waals surface area (Å²) in [6.07, 6.45) is 1.77. The van der Waals surface area contributed by atoms with Crippen molar-refractivity contribution < 1.29 is 13.7 Å². The third-order valence-electron chi connectivity index (χ3n) is 2.21. The molecule has 0 fully saturated rings. The Hall–Kier alpha value is -1.51. The first kappa shape index (κ1) is 12.9. The number of rotatable bonds is 4. The summed E-state index contributed by atoms with van der Waals surface area (Å²) in [6.45, 7) is 0.383. The molecule has 0 radical (unpaired) electrons. The lowest BCUT2D eigenvalue weighted by Gasteiger charge is -2.05. The van der Waals surface area contributed by atoms with Crippen molar-refractivity contribution >= 4 is 28.5 Å². The Labute approximate surface area is 116 Å². The van der Waals surface area contributed by atoms with Gasteiger partial charge < -0.3 is 9.84 Å². The molecule has 1 aromatic carbocycles. The highest BCUT2D eigenvalue weighted by molar-refractivity contribution is 14.1. The molecule has 94 valence electrons. The highest BCUT2D eigenvalue weighted by Crippen LogP contribution is 2.13. The summed E-state index contributed by atoms with van der Waals surface area (Å²) in [5.41, 5.74) is 0.447. The van der Waals surface area contributed by atoms with Crippen LogP contribution in [0.5, 0.6) is 0 Å². The fourth-order valence-corrected chi connectivity index (χ4v) is 2.08. The first-order valence-corrected chi connectivity index (χ1v) is 6.23. The predicted octanol–water partition coefficient (Wildman–Crippen LogP) is 1.79. The summed E-state index contributed by atoms with van der Waals surface area (Å²) in [5.74, 6) is -0.148. The van der Waals surface area contributed by atoms with Gasteiger partial charge in [-0.1, -0.05) is 5.16 Å². The Morgan fingerprint density at radius 2 is 2.33 bits per heavy atom. The first-order valence-electron chi connectivity index (χ1n) is 5.15. The number of nitrogens with one attached hydrogen (secondary N) is 1. The number of hydrogen-bond donors (Lipinski definition) is 1. The highest BCUT2D eigenvalue weighted by Gasteiger charge is 2.10. The standard InChI is InChI=1S/C11H9FIN3O2/c12-7-1-2-8(9(13)5-7)11(17)14-4-3-10-15-6-16-18-10/h1-2,5-6H,3-4H2,(H,14,17). The molecule has 0 aliphatic heterocycles. The van der Waals surface area contributed by atoms with Crippen molar-refractivity contribution in [1.82, 2.24) is 15.5 Å². The summed E-state index contributed by atoms with van der Waals surface area (Å²) in [7, 11) is 0. The summed E-state index contributed by atoms with van der Waals surface area (Å²) in [5, 5.41) is 6.16. The average Bonchev–Trinajstić information content (AvgIpc) is 2.81. The van der Waals surface area contributed by atoms with E-state index in [1.54, 1.807) is 0 Å². The second kappa shape index (κ2) is 5.89. The minimum Gasteiger partial charge on any atom is -0.351 e. The van der Waals surface area contributed by atoms with Gasteiger partial charge in [-0.25, -0.2) is 4.39 Å². The Morgan fingerprint density at radius 1 is 1.50 bits per heavy atom. The highest BCUT2D eigenvalue weighted by atomic mass is 127. The van der Waals surface area contributed by atoms with Crippen molar-refractivity contribution in [3.63, 3.8) is 0 Å². The van der Waals surface area contributed by atoms with Gasteiger partial charge in [0, 0.05) is 16.5 Å². The topological polar surface area (TPSA) is 68.0 Å². The maximum absolute atomic E-state index is 12.9. The van der Waals surface area contributed by atoms with Crippen LogP contribution in [0.4, 0.5) is 4.39 Å². The molecule has 0 unspecified atom stereocenters. The van der Waals surface area contributed by atoms with Gasteiger partial charge in [-0.3, -0.25) is 4.79 Å². The zero-order valence-electron chi connectivity index (χ0n) is 9.19. The van der Waals surface area contributed by atoms with E-state index < -0.39 is 0 Å². The van der Waals surface area contributed by atoms with Crippen molar-refractivity contribution in [3.05, 3.63) is 45.4 Å². The lowest BCUT2D eigenvalue weighted by atomic mass is 10.2. The second-order valence-corrected chi connectivity index (χ2v) is 4.63. The van der Waals surface area contributed by atoms with Crippen molar-refractivity contribution in [2.24, 2.45) is 0 Å². The van der Waals surface area contributed by atoms with Crippen molar-refractivity contribution in [1.29, 1.82) is 0 Å². The Morgan fingerprint density at radius 3 is 3.00 bits per heavy atom. The van der Waals surface area contributed by atoms with Crippen LogP contribution in [0.25, 0.3) is 0 Å². The SMILES string of the molecule is O=C(NCCc1ncno1)c1ccc(F)cc1I. The predicted molar refractivity (Wildman–Crippen MR) is 69.5 cm³/mol.